The van der Waals surface area contributed by atoms with E-state index in [-0.39, 0.29) is 16.3 Å². The number of nitrogens with one attached hydrogen (secondary N) is 2. The molecule has 20 heavy (non-hydrogen) atoms. The third-order valence-corrected chi connectivity index (χ3v) is 3.31. The highest BCUT2D eigenvalue weighted by Gasteiger charge is 2.21. The van der Waals surface area contributed by atoms with Crippen molar-refractivity contribution >= 4 is 21.7 Å². The lowest BCUT2D eigenvalue weighted by Crippen LogP contribution is -2.22. The van der Waals surface area contributed by atoms with Gasteiger partial charge in [0.15, 0.2) is 11.2 Å². The Morgan fingerprint density at radius 2 is 2.20 bits per heavy atom. The van der Waals surface area contributed by atoms with Crippen LogP contribution in [0.5, 0.6) is 0 Å². The molecule has 0 aliphatic carbocycles. The van der Waals surface area contributed by atoms with Crippen molar-refractivity contribution in [1.29, 1.82) is 0 Å². The summed E-state index contributed by atoms with van der Waals surface area (Å²) in [6.45, 7) is 0. The molecule has 9 nitrogen and oxygen atoms in total. The zero-order valence-corrected chi connectivity index (χ0v) is 11.1. The van der Waals surface area contributed by atoms with E-state index in [9.17, 15) is 18.0 Å². The van der Waals surface area contributed by atoms with Crippen LogP contribution in [-0.4, -0.2) is 29.1 Å². The number of pyridine rings is 1. The van der Waals surface area contributed by atoms with E-state index in [1.165, 1.54) is 30.2 Å². The second-order valence-corrected chi connectivity index (χ2v) is 5.47. The van der Waals surface area contributed by atoms with Crippen LogP contribution in [-0.2, 0) is 17.1 Å². The summed E-state index contributed by atoms with van der Waals surface area (Å²) >= 11 is 0. The molecule has 4 N–H and O–H groups in total. The van der Waals surface area contributed by atoms with E-state index in [4.69, 9.17) is 5.14 Å². The first-order valence-corrected chi connectivity index (χ1v) is 6.88. The molecule has 0 aliphatic heterocycles. The Morgan fingerprint density at radius 1 is 1.50 bits per heavy atom. The SMILES string of the molecule is Cn1cc(S(N)(=O)=O)c(NC(=O)c2c[nH]ccc2=O)n1. The molecule has 106 valence electrons. The minimum absolute atomic E-state index is 0.168. The fraction of sp³-hybridized carbons (Fsp3) is 0.100. The summed E-state index contributed by atoms with van der Waals surface area (Å²) in [6, 6.07) is 1.17. The third-order valence-electron chi connectivity index (χ3n) is 2.40. The first-order chi connectivity index (χ1) is 9.29. The highest BCUT2D eigenvalue weighted by Crippen LogP contribution is 2.17. The smallest absolute Gasteiger partial charge is 0.262 e. The van der Waals surface area contributed by atoms with Gasteiger partial charge in [0.05, 0.1) is 0 Å². The summed E-state index contributed by atoms with van der Waals surface area (Å²) in [7, 11) is -2.56. The number of rotatable bonds is 3. The molecule has 2 aromatic rings. The number of nitrogens with two attached hydrogens (primary N) is 1. The summed E-state index contributed by atoms with van der Waals surface area (Å²) < 4.78 is 23.9. The maximum absolute atomic E-state index is 11.9. The van der Waals surface area contributed by atoms with E-state index in [2.05, 4.69) is 15.4 Å². The standard InChI is InChI=1S/C10H11N5O4S/c1-15-5-8(20(11,18)19)9(14-15)13-10(17)6-4-12-3-2-7(6)16/h2-5H,1H3,(H,12,16)(H2,11,18,19)(H,13,14,17). The van der Waals surface area contributed by atoms with Crippen LogP contribution in [0.2, 0.25) is 0 Å². The van der Waals surface area contributed by atoms with E-state index < -0.39 is 21.4 Å². The predicted octanol–water partition coefficient (Wildman–Crippen LogP) is -0.992. The first-order valence-electron chi connectivity index (χ1n) is 5.34. The molecule has 0 aromatic carbocycles. The van der Waals surface area contributed by atoms with Crippen molar-refractivity contribution in [2.45, 2.75) is 4.90 Å². The Labute approximate surface area is 113 Å². The van der Waals surface area contributed by atoms with E-state index >= 15 is 0 Å². The molecule has 0 spiro atoms. The van der Waals surface area contributed by atoms with Crippen LogP contribution in [0.4, 0.5) is 5.82 Å². The van der Waals surface area contributed by atoms with Crippen molar-refractivity contribution in [1.82, 2.24) is 14.8 Å². The Morgan fingerprint density at radius 3 is 2.80 bits per heavy atom. The molecule has 0 radical (unpaired) electrons. The first kappa shape index (κ1) is 14.0. The molecular weight excluding hydrogens is 286 g/mol. The van der Waals surface area contributed by atoms with Crippen LogP contribution < -0.4 is 15.9 Å². The van der Waals surface area contributed by atoms with Gasteiger partial charge in [-0.2, -0.15) is 5.10 Å². The zero-order valence-electron chi connectivity index (χ0n) is 10.3. The molecule has 2 rings (SSSR count). The Bertz CT molecular complexity index is 820. The third kappa shape index (κ3) is 2.75. The Kier molecular flexibility index (Phi) is 3.42. The van der Waals surface area contributed by atoms with Crippen molar-refractivity contribution in [2.24, 2.45) is 12.2 Å². The minimum Gasteiger partial charge on any atom is -0.367 e. The number of aryl methyl sites for hydroxylation is 1. The fourth-order valence-electron chi connectivity index (χ4n) is 1.53. The average Bonchev–Trinajstić information content (AvgIpc) is 2.70. The molecule has 2 aromatic heterocycles. The van der Waals surface area contributed by atoms with Crippen molar-refractivity contribution in [3.8, 4) is 0 Å². The van der Waals surface area contributed by atoms with Crippen molar-refractivity contribution in [3.63, 3.8) is 0 Å². The Hall–Kier alpha value is -2.46. The monoisotopic (exact) mass is 297 g/mol. The molecule has 1 amide bonds. The van der Waals surface area contributed by atoms with Gasteiger partial charge in [0, 0.05) is 31.7 Å². The van der Waals surface area contributed by atoms with Gasteiger partial charge in [-0.25, -0.2) is 13.6 Å². The largest absolute Gasteiger partial charge is 0.367 e. The number of aromatic amines is 1. The molecule has 0 saturated carbocycles. The normalized spacial score (nSPS) is 11.3. The lowest BCUT2D eigenvalue weighted by Gasteiger charge is -2.03. The maximum Gasteiger partial charge on any atom is 0.262 e. The summed E-state index contributed by atoms with van der Waals surface area (Å²) in [5.74, 6) is -1.02. The van der Waals surface area contributed by atoms with Crippen LogP contribution in [0.15, 0.2) is 34.3 Å². The molecule has 0 saturated heterocycles. The molecule has 10 heteroatoms. The summed E-state index contributed by atoms with van der Waals surface area (Å²) in [6.07, 6.45) is 3.73. The number of H-pyrrole nitrogens is 1. The van der Waals surface area contributed by atoms with Crippen LogP contribution in [0.25, 0.3) is 0 Å². The highest BCUT2D eigenvalue weighted by molar-refractivity contribution is 7.89. The molecule has 0 unspecified atom stereocenters. The van der Waals surface area contributed by atoms with E-state index in [1.54, 1.807) is 0 Å². The van der Waals surface area contributed by atoms with Gasteiger partial charge < -0.3 is 10.3 Å². The lowest BCUT2D eigenvalue weighted by molar-refractivity contribution is 0.102. The predicted molar refractivity (Wildman–Crippen MR) is 69.6 cm³/mol. The molecule has 0 bridgehead atoms. The van der Waals surface area contributed by atoms with Gasteiger partial charge in [0.2, 0.25) is 10.0 Å². The lowest BCUT2D eigenvalue weighted by atomic mass is 10.2. The van der Waals surface area contributed by atoms with Gasteiger partial charge >= 0.3 is 0 Å². The van der Waals surface area contributed by atoms with Gasteiger partial charge in [-0.15, -0.1) is 0 Å². The van der Waals surface area contributed by atoms with Crippen molar-refractivity contribution in [2.75, 3.05) is 5.32 Å². The van der Waals surface area contributed by atoms with E-state index in [0.29, 0.717) is 0 Å². The van der Waals surface area contributed by atoms with E-state index in [1.807, 2.05) is 0 Å². The summed E-state index contributed by atoms with van der Waals surface area (Å²) in [4.78, 5) is 25.7. The van der Waals surface area contributed by atoms with Gasteiger partial charge in [0.25, 0.3) is 5.91 Å². The Balaban J connectivity index is 2.39. The number of aromatic nitrogens is 3. The van der Waals surface area contributed by atoms with Crippen molar-refractivity contribution < 1.29 is 13.2 Å². The molecule has 0 atom stereocenters. The maximum atomic E-state index is 11.9. The molecule has 0 fully saturated rings. The second-order valence-electron chi connectivity index (χ2n) is 3.94. The van der Waals surface area contributed by atoms with Gasteiger partial charge in [0.1, 0.15) is 10.5 Å². The zero-order chi connectivity index (χ0) is 14.9. The van der Waals surface area contributed by atoms with Crippen LogP contribution in [0.3, 0.4) is 0 Å². The van der Waals surface area contributed by atoms with E-state index in [0.717, 1.165) is 6.20 Å². The average molecular weight is 297 g/mol. The highest BCUT2D eigenvalue weighted by atomic mass is 32.2. The summed E-state index contributed by atoms with van der Waals surface area (Å²) in [5.41, 5.74) is -0.673. The number of primary sulfonamides is 1. The number of hydrogen-bond acceptors (Lipinski definition) is 5. The number of hydrogen-bond donors (Lipinski definition) is 3. The van der Waals surface area contributed by atoms with Crippen LogP contribution in [0.1, 0.15) is 10.4 Å². The summed E-state index contributed by atoms with van der Waals surface area (Å²) in [5, 5.41) is 11.0. The topological polar surface area (TPSA) is 140 Å². The molecule has 0 aliphatic rings. The van der Waals surface area contributed by atoms with Crippen molar-refractivity contribution in [3.05, 3.63) is 40.4 Å². The fourth-order valence-corrected chi connectivity index (χ4v) is 2.19. The number of amides is 1. The van der Waals surface area contributed by atoms with Gasteiger partial charge in [-0.3, -0.25) is 14.3 Å². The quantitative estimate of drug-likeness (QED) is 0.667. The number of carbonyl (C=O) groups is 1. The number of nitrogens with zero attached hydrogens (tertiary/aromatic N) is 2. The van der Waals surface area contributed by atoms with Crippen LogP contribution >= 0.6 is 0 Å². The van der Waals surface area contributed by atoms with Crippen LogP contribution in [0, 0.1) is 0 Å². The van der Waals surface area contributed by atoms with Gasteiger partial charge in [-0.05, 0) is 0 Å². The van der Waals surface area contributed by atoms with Gasteiger partial charge in [-0.1, -0.05) is 0 Å². The molecular formula is C10H11N5O4S. The molecule has 2 heterocycles. The number of carbonyl (C=O) groups excluding carboxylic acids is 1. The minimum atomic E-state index is -4.03. The number of sulfonamides is 1. The number of anilines is 1. The second kappa shape index (κ2) is 4.90.